The number of sulfonamides is 1. The first kappa shape index (κ1) is 17.2. The molecule has 0 radical (unpaired) electrons. The van der Waals surface area contributed by atoms with Gasteiger partial charge in [-0.05, 0) is 18.2 Å². The van der Waals surface area contributed by atoms with Crippen LogP contribution >= 0.6 is 11.6 Å². The monoisotopic (exact) mass is 334 g/mol. The number of hydrogen-bond acceptors (Lipinski definition) is 5. The third-order valence-corrected chi connectivity index (χ3v) is 3.08. The van der Waals surface area contributed by atoms with Crippen molar-refractivity contribution in [1.82, 2.24) is 5.32 Å². The highest BCUT2D eigenvalue weighted by molar-refractivity contribution is 7.92. The molecular formula is C11H15ClN4O4S. The van der Waals surface area contributed by atoms with Gasteiger partial charge >= 0.3 is 0 Å². The van der Waals surface area contributed by atoms with Gasteiger partial charge in [-0.25, -0.2) is 8.42 Å². The van der Waals surface area contributed by atoms with Crippen molar-refractivity contribution in [2.24, 2.45) is 5.73 Å². The van der Waals surface area contributed by atoms with Crippen LogP contribution in [0.1, 0.15) is 0 Å². The Morgan fingerprint density at radius 1 is 1.29 bits per heavy atom. The minimum atomic E-state index is -3.44. The lowest BCUT2D eigenvalue weighted by Gasteiger charge is -2.10. The van der Waals surface area contributed by atoms with Crippen molar-refractivity contribution in [1.29, 1.82) is 0 Å². The van der Waals surface area contributed by atoms with Crippen LogP contribution < -0.4 is 21.1 Å². The van der Waals surface area contributed by atoms with Crippen molar-refractivity contribution < 1.29 is 18.0 Å². The highest BCUT2D eigenvalue weighted by Gasteiger charge is 2.09. The van der Waals surface area contributed by atoms with Gasteiger partial charge < -0.3 is 16.4 Å². The maximum absolute atomic E-state index is 11.5. The van der Waals surface area contributed by atoms with Gasteiger partial charge in [0, 0.05) is 5.69 Å². The van der Waals surface area contributed by atoms with E-state index in [1.54, 1.807) is 0 Å². The number of carbonyl (C=O) groups is 2. The molecule has 21 heavy (non-hydrogen) atoms. The van der Waals surface area contributed by atoms with Gasteiger partial charge in [0.25, 0.3) is 0 Å². The second-order valence-electron chi connectivity index (χ2n) is 4.10. The fourth-order valence-corrected chi connectivity index (χ4v) is 2.19. The number of hydrogen-bond donors (Lipinski definition) is 4. The summed E-state index contributed by atoms with van der Waals surface area (Å²) < 4.78 is 24.4. The average Bonchev–Trinajstić information content (AvgIpc) is 2.38. The number of amides is 2. The molecule has 0 fully saturated rings. The lowest BCUT2D eigenvalue weighted by Crippen LogP contribution is -2.36. The van der Waals surface area contributed by atoms with Crippen molar-refractivity contribution in [3.8, 4) is 0 Å². The van der Waals surface area contributed by atoms with Gasteiger partial charge in [0.05, 0.1) is 30.1 Å². The van der Waals surface area contributed by atoms with Crippen LogP contribution in [0, 0.1) is 0 Å². The normalized spacial score (nSPS) is 10.8. The Bertz CT molecular complexity index is 648. The standard InChI is InChI=1S/C11H15ClN4O4S/c1-21(19,20)16-9-3-2-7(4-8(9)12)15-11(18)6-14-10(17)5-13/h2-4,16H,5-6,13H2,1H3,(H,14,17)(H,15,18). The zero-order chi connectivity index (χ0) is 16.0. The molecule has 0 aliphatic carbocycles. The van der Waals surface area contributed by atoms with Crippen LogP contribution in [0.4, 0.5) is 11.4 Å². The van der Waals surface area contributed by atoms with Gasteiger partial charge in [0.1, 0.15) is 0 Å². The van der Waals surface area contributed by atoms with Crippen LogP contribution in [0.5, 0.6) is 0 Å². The summed E-state index contributed by atoms with van der Waals surface area (Å²) in [7, 11) is -3.44. The quantitative estimate of drug-likeness (QED) is 0.568. The van der Waals surface area contributed by atoms with Crippen molar-refractivity contribution in [2.75, 3.05) is 29.4 Å². The number of carbonyl (C=O) groups excluding carboxylic acids is 2. The summed E-state index contributed by atoms with van der Waals surface area (Å²) in [6.45, 7) is -0.429. The van der Waals surface area contributed by atoms with Crippen molar-refractivity contribution in [3.05, 3.63) is 23.2 Å². The Hall–Kier alpha value is -1.84. The molecule has 116 valence electrons. The summed E-state index contributed by atoms with van der Waals surface area (Å²) in [5.74, 6) is -0.910. The van der Waals surface area contributed by atoms with E-state index in [0.29, 0.717) is 5.69 Å². The maximum Gasteiger partial charge on any atom is 0.243 e. The zero-order valence-corrected chi connectivity index (χ0v) is 12.7. The molecule has 0 heterocycles. The molecule has 0 atom stereocenters. The first-order valence-electron chi connectivity index (χ1n) is 5.75. The Labute approximate surface area is 127 Å². The maximum atomic E-state index is 11.5. The van der Waals surface area contributed by atoms with E-state index >= 15 is 0 Å². The molecular weight excluding hydrogens is 320 g/mol. The van der Waals surface area contributed by atoms with Crippen LogP contribution in [0.15, 0.2) is 18.2 Å². The molecule has 1 aromatic carbocycles. The Kier molecular flexibility index (Phi) is 5.94. The third kappa shape index (κ3) is 6.43. The fraction of sp³-hybridized carbons (Fsp3) is 0.273. The van der Waals surface area contributed by atoms with Crippen LogP contribution in [0.2, 0.25) is 5.02 Å². The van der Waals surface area contributed by atoms with E-state index in [1.165, 1.54) is 18.2 Å². The van der Waals surface area contributed by atoms with Gasteiger partial charge in [-0.3, -0.25) is 14.3 Å². The van der Waals surface area contributed by atoms with Crippen LogP contribution in [-0.4, -0.2) is 39.6 Å². The topological polar surface area (TPSA) is 130 Å². The molecule has 0 bridgehead atoms. The summed E-state index contributed by atoms with van der Waals surface area (Å²) in [4.78, 5) is 22.4. The molecule has 2 amide bonds. The molecule has 0 unspecified atom stereocenters. The third-order valence-electron chi connectivity index (χ3n) is 2.18. The molecule has 0 aromatic heterocycles. The number of rotatable bonds is 6. The highest BCUT2D eigenvalue weighted by atomic mass is 35.5. The molecule has 1 aromatic rings. The summed E-state index contributed by atoms with van der Waals surface area (Å²) in [6, 6.07) is 4.28. The Morgan fingerprint density at radius 3 is 2.48 bits per heavy atom. The van der Waals surface area contributed by atoms with Crippen LogP contribution in [0.25, 0.3) is 0 Å². The summed E-state index contributed by atoms with van der Waals surface area (Å²) in [5.41, 5.74) is 5.65. The SMILES string of the molecule is CS(=O)(=O)Nc1ccc(NC(=O)CNC(=O)CN)cc1Cl. The predicted octanol–water partition coefficient (Wildman–Crippen LogP) is -0.275. The van der Waals surface area contributed by atoms with Gasteiger partial charge in [0.15, 0.2) is 0 Å². The molecule has 8 nitrogen and oxygen atoms in total. The van der Waals surface area contributed by atoms with Gasteiger partial charge in [-0.1, -0.05) is 11.6 Å². The van der Waals surface area contributed by atoms with E-state index in [-0.39, 0.29) is 23.8 Å². The smallest absolute Gasteiger partial charge is 0.243 e. The predicted molar refractivity (Wildman–Crippen MR) is 80.6 cm³/mol. The van der Waals surface area contributed by atoms with Crippen molar-refractivity contribution >= 4 is 44.8 Å². The van der Waals surface area contributed by atoms with Crippen LogP contribution in [-0.2, 0) is 19.6 Å². The van der Waals surface area contributed by atoms with E-state index in [2.05, 4.69) is 15.4 Å². The summed E-state index contributed by atoms with van der Waals surface area (Å²) >= 11 is 5.90. The Balaban J connectivity index is 2.67. The van der Waals surface area contributed by atoms with E-state index in [1.807, 2.05) is 0 Å². The lowest BCUT2D eigenvalue weighted by molar-refractivity contribution is -0.123. The Morgan fingerprint density at radius 2 is 1.95 bits per heavy atom. The molecule has 1 rings (SSSR count). The molecule has 0 saturated heterocycles. The number of halogens is 1. The van der Waals surface area contributed by atoms with Crippen molar-refractivity contribution in [3.63, 3.8) is 0 Å². The molecule has 0 spiro atoms. The first-order valence-corrected chi connectivity index (χ1v) is 8.02. The lowest BCUT2D eigenvalue weighted by atomic mass is 10.3. The largest absolute Gasteiger partial charge is 0.346 e. The second-order valence-corrected chi connectivity index (χ2v) is 6.25. The number of nitrogens with one attached hydrogen (secondary N) is 3. The van der Waals surface area contributed by atoms with Crippen molar-refractivity contribution in [2.45, 2.75) is 0 Å². The molecule has 0 aliphatic heterocycles. The molecule has 5 N–H and O–H groups in total. The first-order chi connectivity index (χ1) is 9.71. The van der Waals surface area contributed by atoms with Gasteiger partial charge in [-0.15, -0.1) is 0 Å². The van der Waals surface area contributed by atoms with E-state index in [0.717, 1.165) is 6.26 Å². The second kappa shape index (κ2) is 7.25. The minimum Gasteiger partial charge on any atom is -0.346 e. The van der Waals surface area contributed by atoms with Crippen LogP contribution in [0.3, 0.4) is 0 Å². The highest BCUT2D eigenvalue weighted by Crippen LogP contribution is 2.26. The number of anilines is 2. The number of nitrogens with two attached hydrogens (primary N) is 1. The van der Waals surface area contributed by atoms with E-state index in [4.69, 9.17) is 17.3 Å². The van der Waals surface area contributed by atoms with Gasteiger partial charge in [-0.2, -0.15) is 0 Å². The van der Waals surface area contributed by atoms with E-state index < -0.39 is 21.8 Å². The van der Waals surface area contributed by atoms with E-state index in [9.17, 15) is 18.0 Å². The fourth-order valence-electron chi connectivity index (χ4n) is 1.33. The molecule has 0 aliphatic rings. The molecule has 0 saturated carbocycles. The summed E-state index contributed by atoms with van der Waals surface area (Å²) in [6.07, 6.45) is 0.999. The zero-order valence-electron chi connectivity index (χ0n) is 11.1. The van der Waals surface area contributed by atoms with Gasteiger partial charge in [0.2, 0.25) is 21.8 Å². The minimum absolute atomic E-state index is 0.129. The number of benzene rings is 1. The summed E-state index contributed by atoms with van der Waals surface area (Å²) in [5, 5.41) is 4.93. The average molecular weight is 335 g/mol. The molecule has 10 heteroatoms.